The number of carbonyl (C=O) groups is 2. The highest BCUT2D eigenvalue weighted by Gasteiger charge is 2.21. The number of anilines is 1. The van der Waals surface area contributed by atoms with Gasteiger partial charge in [-0.15, -0.1) is 16.8 Å². The molecule has 1 aromatic heterocycles. The van der Waals surface area contributed by atoms with Gasteiger partial charge in [0.15, 0.2) is 11.0 Å². The molecule has 0 spiro atoms. The van der Waals surface area contributed by atoms with E-state index in [1.807, 2.05) is 32.0 Å². The number of halogens is 3. The van der Waals surface area contributed by atoms with Crippen molar-refractivity contribution in [2.75, 3.05) is 11.1 Å². The van der Waals surface area contributed by atoms with Gasteiger partial charge in [0.2, 0.25) is 5.91 Å². The summed E-state index contributed by atoms with van der Waals surface area (Å²) >= 11 is 19.3. The second-order valence-electron chi connectivity index (χ2n) is 7.39. The number of nitrogens with one attached hydrogen (secondary N) is 2. The molecule has 0 aliphatic heterocycles. The monoisotopic (exact) mass is 537 g/mol. The average molecular weight is 539 g/mol. The fourth-order valence-corrected chi connectivity index (χ4v) is 4.44. The van der Waals surface area contributed by atoms with Crippen molar-refractivity contribution in [3.63, 3.8) is 0 Å². The van der Waals surface area contributed by atoms with Gasteiger partial charge in [0, 0.05) is 12.1 Å². The molecule has 0 bridgehead atoms. The Kier molecular flexibility index (Phi) is 9.02. The molecular formula is C23H22Cl3N5O2S. The first-order chi connectivity index (χ1) is 16.2. The molecule has 2 N–H and O–H groups in total. The molecule has 11 heteroatoms. The zero-order valence-electron chi connectivity index (χ0n) is 18.4. The van der Waals surface area contributed by atoms with Crippen LogP contribution in [0.4, 0.5) is 5.69 Å². The summed E-state index contributed by atoms with van der Waals surface area (Å²) in [5.74, 6) is 0.0872. The lowest BCUT2D eigenvalue weighted by molar-refractivity contribution is -0.113. The molecule has 3 rings (SSSR count). The van der Waals surface area contributed by atoms with Crippen molar-refractivity contribution in [2.24, 2.45) is 0 Å². The third-order valence-corrected chi connectivity index (χ3v) is 6.69. The zero-order valence-corrected chi connectivity index (χ0v) is 21.5. The quantitative estimate of drug-likeness (QED) is 0.199. The number of benzene rings is 2. The van der Waals surface area contributed by atoms with Crippen LogP contribution in [0.1, 0.15) is 34.7 Å². The third-order valence-electron chi connectivity index (χ3n) is 4.69. The summed E-state index contributed by atoms with van der Waals surface area (Å²) < 4.78 is 1.80. The zero-order chi connectivity index (χ0) is 24.8. The smallest absolute Gasteiger partial charge is 0.251 e. The molecule has 0 aliphatic rings. The number of aromatic nitrogens is 3. The summed E-state index contributed by atoms with van der Waals surface area (Å²) in [6.45, 7) is 7.94. The van der Waals surface area contributed by atoms with Crippen LogP contribution in [0, 0.1) is 6.92 Å². The molecule has 0 aliphatic carbocycles. The van der Waals surface area contributed by atoms with Gasteiger partial charge in [-0.1, -0.05) is 70.3 Å². The summed E-state index contributed by atoms with van der Waals surface area (Å²) in [6, 6.07) is 9.87. The third kappa shape index (κ3) is 6.54. The van der Waals surface area contributed by atoms with Gasteiger partial charge in [0.1, 0.15) is 0 Å². The van der Waals surface area contributed by atoms with Crippen molar-refractivity contribution < 1.29 is 9.59 Å². The fraction of sp³-hybridized carbons (Fsp3) is 0.217. The van der Waals surface area contributed by atoms with Crippen LogP contribution in [0.3, 0.4) is 0 Å². The minimum absolute atomic E-state index is 0.0515. The van der Waals surface area contributed by atoms with Gasteiger partial charge in [-0.05, 0) is 38.1 Å². The normalized spacial score (nSPS) is 11.7. The predicted octanol–water partition coefficient (Wildman–Crippen LogP) is 5.95. The molecule has 1 heterocycles. The number of hydrogen-bond acceptors (Lipinski definition) is 5. The van der Waals surface area contributed by atoms with Crippen molar-refractivity contribution in [2.45, 2.75) is 31.6 Å². The van der Waals surface area contributed by atoms with Crippen LogP contribution in [0.2, 0.25) is 15.1 Å². The maximum absolute atomic E-state index is 12.6. The highest BCUT2D eigenvalue weighted by atomic mass is 35.5. The Balaban J connectivity index is 1.68. The summed E-state index contributed by atoms with van der Waals surface area (Å²) in [5.41, 5.74) is 1.92. The van der Waals surface area contributed by atoms with Crippen LogP contribution in [0.5, 0.6) is 0 Å². The molecule has 34 heavy (non-hydrogen) atoms. The van der Waals surface area contributed by atoms with E-state index in [0.717, 1.165) is 5.56 Å². The summed E-state index contributed by atoms with van der Waals surface area (Å²) in [6.07, 6.45) is 1.70. The maximum atomic E-state index is 12.6. The minimum Gasteiger partial charge on any atom is -0.342 e. The molecule has 2 aromatic carbocycles. The van der Waals surface area contributed by atoms with Crippen LogP contribution in [-0.4, -0.2) is 32.3 Å². The van der Waals surface area contributed by atoms with Gasteiger partial charge < -0.3 is 15.2 Å². The average Bonchev–Trinajstić information content (AvgIpc) is 3.19. The Morgan fingerprint density at radius 2 is 1.88 bits per heavy atom. The van der Waals surface area contributed by atoms with Gasteiger partial charge >= 0.3 is 0 Å². The standard InChI is InChI=1S/C23H22Cl3N5O2S/c1-4-8-31-21(14(3)27-22(33)15-7-5-6-13(2)9-15)29-30-23(31)34-12-20(32)28-19-11-17(25)16(24)10-18(19)26/h4-7,9-11,14H,1,8,12H2,2-3H3,(H,27,33)(H,28,32)/t14-/m1/s1. The van der Waals surface area contributed by atoms with E-state index < -0.39 is 6.04 Å². The number of nitrogens with zero attached hydrogens (tertiary/aromatic N) is 3. The molecule has 1 atom stereocenters. The van der Waals surface area contributed by atoms with E-state index in [1.165, 1.54) is 23.9 Å². The Hall–Kier alpha value is -2.52. The lowest BCUT2D eigenvalue weighted by atomic mass is 10.1. The molecule has 0 radical (unpaired) electrons. The van der Waals surface area contributed by atoms with Gasteiger partial charge in [-0.3, -0.25) is 9.59 Å². The first-order valence-corrected chi connectivity index (χ1v) is 12.3. The Bertz CT molecular complexity index is 1230. The molecule has 3 aromatic rings. The highest BCUT2D eigenvalue weighted by molar-refractivity contribution is 7.99. The van der Waals surface area contributed by atoms with Crippen LogP contribution < -0.4 is 10.6 Å². The van der Waals surface area contributed by atoms with E-state index in [1.54, 1.807) is 16.7 Å². The topological polar surface area (TPSA) is 88.9 Å². The number of allylic oxidation sites excluding steroid dienone is 1. The number of hydrogen-bond donors (Lipinski definition) is 2. The maximum Gasteiger partial charge on any atom is 0.251 e. The fourth-order valence-electron chi connectivity index (χ4n) is 3.09. The predicted molar refractivity (Wildman–Crippen MR) is 138 cm³/mol. The largest absolute Gasteiger partial charge is 0.342 e. The molecule has 0 unspecified atom stereocenters. The first kappa shape index (κ1) is 26.1. The van der Waals surface area contributed by atoms with E-state index in [0.29, 0.717) is 33.8 Å². The second-order valence-corrected chi connectivity index (χ2v) is 9.55. The van der Waals surface area contributed by atoms with Gasteiger partial charge in [0.05, 0.1) is 32.5 Å². The van der Waals surface area contributed by atoms with E-state index in [9.17, 15) is 9.59 Å². The Labute approximate surface area is 216 Å². The van der Waals surface area contributed by atoms with E-state index >= 15 is 0 Å². The summed E-state index contributed by atoms with van der Waals surface area (Å²) in [4.78, 5) is 25.1. The van der Waals surface area contributed by atoms with Gasteiger partial charge in [-0.25, -0.2) is 0 Å². The molecule has 178 valence electrons. The van der Waals surface area contributed by atoms with Gasteiger partial charge in [-0.2, -0.15) is 0 Å². The van der Waals surface area contributed by atoms with Gasteiger partial charge in [0.25, 0.3) is 5.91 Å². The first-order valence-electron chi connectivity index (χ1n) is 10.2. The summed E-state index contributed by atoms with van der Waals surface area (Å²) in [7, 11) is 0. The van der Waals surface area contributed by atoms with Crippen molar-refractivity contribution in [3.05, 3.63) is 81.1 Å². The van der Waals surface area contributed by atoms with E-state index in [2.05, 4.69) is 27.4 Å². The van der Waals surface area contributed by atoms with E-state index in [-0.39, 0.29) is 27.6 Å². The molecule has 2 amide bonds. The number of rotatable bonds is 9. The Morgan fingerprint density at radius 3 is 2.59 bits per heavy atom. The number of aryl methyl sites for hydroxylation is 1. The Morgan fingerprint density at radius 1 is 1.15 bits per heavy atom. The molecular weight excluding hydrogens is 517 g/mol. The lowest BCUT2D eigenvalue weighted by Gasteiger charge is -2.15. The molecule has 0 saturated carbocycles. The van der Waals surface area contributed by atoms with Crippen molar-refractivity contribution in [3.8, 4) is 0 Å². The highest BCUT2D eigenvalue weighted by Crippen LogP contribution is 2.32. The molecule has 0 saturated heterocycles. The second kappa shape index (κ2) is 11.8. The number of thioether (sulfide) groups is 1. The minimum atomic E-state index is -0.418. The van der Waals surface area contributed by atoms with Crippen LogP contribution in [0.25, 0.3) is 0 Å². The van der Waals surface area contributed by atoms with Crippen LogP contribution in [-0.2, 0) is 11.3 Å². The van der Waals surface area contributed by atoms with Crippen molar-refractivity contribution in [1.82, 2.24) is 20.1 Å². The van der Waals surface area contributed by atoms with Crippen LogP contribution >= 0.6 is 46.6 Å². The SMILES string of the molecule is C=CCn1c(SCC(=O)Nc2cc(Cl)c(Cl)cc2Cl)nnc1[C@@H](C)NC(=O)c1cccc(C)c1. The van der Waals surface area contributed by atoms with Crippen molar-refractivity contribution >= 4 is 64.1 Å². The molecule has 0 fully saturated rings. The molecule has 7 nitrogen and oxygen atoms in total. The summed E-state index contributed by atoms with van der Waals surface area (Å²) in [5, 5.41) is 15.5. The lowest BCUT2D eigenvalue weighted by Crippen LogP contribution is -2.29. The van der Waals surface area contributed by atoms with Crippen LogP contribution in [0.15, 0.2) is 54.2 Å². The van der Waals surface area contributed by atoms with E-state index in [4.69, 9.17) is 34.8 Å². The number of amides is 2. The van der Waals surface area contributed by atoms with Crippen molar-refractivity contribution in [1.29, 1.82) is 0 Å². The number of carbonyl (C=O) groups excluding carboxylic acids is 2.